The lowest BCUT2D eigenvalue weighted by Crippen LogP contribution is -2.09. The smallest absolute Gasteiger partial charge is 0.197 e. The van der Waals surface area contributed by atoms with Crippen LogP contribution in [0.3, 0.4) is 0 Å². The Morgan fingerprint density at radius 3 is 1.94 bits per heavy atom. The van der Waals surface area contributed by atoms with Crippen molar-refractivity contribution in [3.63, 3.8) is 0 Å². The van der Waals surface area contributed by atoms with Crippen LogP contribution in [0.1, 0.15) is 15.9 Å². The van der Waals surface area contributed by atoms with E-state index in [0.29, 0.717) is 28.2 Å². The average molecular weight is 227 g/mol. The van der Waals surface area contributed by atoms with Crippen molar-refractivity contribution in [2.24, 2.45) is 0 Å². The minimum Gasteiger partial charge on any atom is -0.399 e. The van der Waals surface area contributed by atoms with E-state index < -0.39 is 0 Å². The standard InChI is InChI=1S/C13H13N3O/c14-9-6-10(15)12(11(16)7-9)13(17)8-4-2-1-3-5-8/h1-7H,14-16H2. The quantitative estimate of drug-likeness (QED) is 0.537. The summed E-state index contributed by atoms with van der Waals surface area (Å²) in [7, 11) is 0. The molecule has 0 saturated heterocycles. The molecule has 0 atom stereocenters. The van der Waals surface area contributed by atoms with Gasteiger partial charge in [-0.25, -0.2) is 0 Å². The van der Waals surface area contributed by atoms with Gasteiger partial charge < -0.3 is 17.2 Å². The molecule has 2 rings (SSSR count). The van der Waals surface area contributed by atoms with Crippen molar-refractivity contribution in [3.8, 4) is 0 Å². The Labute approximate surface area is 99.0 Å². The maximum absolute atomic E-state index is 12.2. The normalized spacial score (nSPS) is 10.1. The SMILES string of the molecule is Nc1cc(N)c(C(=O)c2ccccc2)c(N)c1. The number of rotatable bonds is 2. The fourth-order valence-electron chi connectivity index (χ4n) is 1.71. The summed E-state index contributed by atoms with van der Waals surface area (Å²) in [6.07, 6.45) is 0. The number of nitrogens with two attached hydrogens (primary N) is 3. The number of benzene rings is 2. The number of carbonyl (C=O) groups is 1. The van der Waals surface area contributed by atoms with Crippen LogP contribution in [0.5, 0.6) is 0 Å². The Morgan fingerprint density at radius 1 is 0.882 bits per heavy atom. The molecule has 0 spiro atoms. The number of hydrogen-bond donors (Lipinski definition) is 3. The van der Waals surface area contributed by atoms with Crippen molar-refractivity contribution < 1.29 is 4.79 Å². The summed E-state index contributed by atoms with van der Waals surface area (Å²) in [5.41, 5.74) is 19.1. The Hall–Kier alpha value is -2.49. The molecule has 0 saturated carbocycles. The highest BCUT2D eigenvalue weighted by atomic mass is 16.1. The van der Waals surface area contributed by atoms with Gasteiger partial charge in [-0.15, -0.1) is 0 Å². The molecule has 17 heavy (non-hydrogen) atoms. The number of hydrogen-bond acceptors (Lipinski definition) is 4. The fraction of sp³-hybridized carbons (Fsp3) is 0. The van der Waals surface area contributed by atoms with Crippen molar-refractivity contribution in [2.75, 3.05) is 17.2 Å². The topological polar surface area (TPSA) is 95.1 Å². The van der Waals surface area contributed by atoms with Crippen LogP contribution in [0.2, 0.25) is 0 Å². The second-order valence-electron chi connectivity index (χ2n) is 3.77. The van der Waals surface area contributed by atoms with Crippen LogP contribution in [0.25, 0.3) is 0 Å². The molecule has 0 bridgehead atoms. The molecule has 0 aliphatic carbocycles. The minimum atomic E-state index is -0.194. The van der Waals surface area contributed by atoms with Crippen LogP contribution < -0.4 is 17.2 Å². The van der Waals surface area contributed by atoms with Crippen LogP contribution in [0.4, 0.5) is 17.1 Å². The largest absolute Gasteiger partial charge is 0.399 e. The Morgan fingerprint density at radius 2 is 1.41 bits per heavy atom. The van der Waals surface area contributed by atoms with Gasteiger partial charge in [0.2, 0.25) is 0 Å². The first-order valence-electron chi connectivity index (χ1n) is 5.14. The number of anilines is 3. The second-order valence-corrected chi connectivity index (χ2v) is 3.77. The van der Waals surface area contributed by atoms with E-state index in [1.165, 1.54) is 12.1 Å². The van der Waals surface area contributed by atoms with Gasteiger partial charge in [0.1, 0.15) is 0 Å². The summed E-state index contributed by atoms with van der Waals surface area (Å²) >= 11 is 0. The first kappa shape index (κ1) is 11.0. The highest BCUT2D eigenvalue weighted by Crippen LogP contribution is 2.26. The number of nitrogen functional groups attached to an aromatic ring is 3. The Balaban J connectivity index is 2.52. The van der Waals surface area contributed by atoms with E-state index in [-0.39, 0.29) is 5.78 Å². The van der Waals surface area contributed by atoms with E-state index >= 15 is 0 Å². The van der Waals surface area contributed by atoms with Crippen LogP contribution in [-0.4, -0.2) is 5.78 Å². The molecule has 2 aromatic rings. The maximum Gasteiger partial charge on any atom is 0.197 e. The minimum absolute atomic E-state index is 0.194. The lowest BCUT2D eigenvalue weighted by Gasteiger charge is -2.09. The predicted molar refractivity (Wildman–Crippen MR) is 69.6 cm³/mol. The third-order valence-corrected chi connectivity index (χ3v) is 2.48. The van der Waals surface area contributed by atoms with Gasteiger partial charge in [-0.2, -0.15) is 0 Å². The summed E-state index contributed by atoms with van der Waals surface area (Å²) in [4.78, 5) is 12.2. The second kappa shape index (κ2) is 4.17. The first-order chi connectivity index (χ1) is 8.09. The van der Waals surface area contributed by atoms with Crippen LogP contribution in [-0.2, 0) is 0 Å². The molecule has 0 aromatic heterocycles. The summed E-state index contributed by atoms with van der Waals surface area (Å²) in [5.74, 6) is -0.194. The van der Waals surface area contributed by atoms with Gasteiger partial charge in [-0.1, -0.05) is 30.3 Å². The molecular formula is C13H13N3O. The molecular weight excluding hydrogens is 214 g/mol. The lowest BCUT2D eigenvalue weighted by atomic mass is 9.99. The van der Waals surface area contributed by atoms with Crippen LogP contribution in [0.15, 0.2) is 42.5 Å². The summed E-state index contributed by atoms with van der Waals surface area (Å²) in [6, 6.07) is 11.9. The summed E-state index contributed by atoms with van der Waals surface area (Å²) < 4.78 is 0. The summed E-state index contributed by atoms with van der Waals surface area (Å²) in [5, 5.41) is 0. The van der Waals surface area contributed by atoms with Gasteiger partial charge >= 0.3 is 0 Å². The van der Waals surface area contributed by atoms with Gasteiger partial charge in [-0.05, 0) is 12.1 Å². The Kier molecular flexibility index (Phi) is 2.70. The number of carbonyl (C=O) groups excluding carboxylic acids is 1. The van der Waals surface area contributed by atoms with Crippen molar-refractivity contribution in [1.29, 1.82) is 0 Å². The highest BCUT2D eigenvalue weighted by molar-refractivity contribution is 6.15. The molecule has 86 valence electrons. The number of ketones is 1. The zero-order valence-electron chi connectivity index (χ0n) is 9.18. The van der Waals surface area contributed by atoms with Crippen molar-refractivity contribution in [1.82, 2.24) is 0 Å². The predicted octanol–water partition coefficient (Wildman–Crippen LogP) is 1.66. The van der Waals surface area contributed by atoms with E-state index in [0.717, 1.165) is 0 Å². The van der Waals surface area contributed by atoms with E-state index in [4.69, 9.17) is 17.2 Å². The molecule has 0 aliphatic heterocycles. The monoisotopic (exact) mass is 227 g/mol. The fourth-order valence-corrected chi connectivity index (χ4v) is 1.71. The highest BCUT2D eigenvalue weighted by Gasteiger charge is 2.15. The molecule has 0 fully saturated rings. The molecule has 6 N–H and O–H groups in total. The van der Waals surface area contributed by atoms with Gasteiger partial charge in [0.25, 0.3) is 0 Å². The molecule has 0 amide bonds. The van der Waals surface area contributed by atoms with Crippen LogP contribution in [0, 0.1) is 0 Å². The molecule has 2 aromatic carbocycles. The molecule has 0 unspecified atom stereocenters. The van der Waals surface area contributed by atoms with Gasteiger partial charge in [0, 0.05) is 22.6 Å². The Bertz CT molecular complexity index is 541. The third-order valence-electron chi connectivity index (χ3n) is 2.48. The van der Waals surface area contributed by atoms with Crippen LogP contribution >= 0.6 is 0 Å². The van der Waals surface area contributed by atoms with Crippen molar-refractivity contribution in [3.05, 3.63) is 53.6 Å². The van der Waals surface area contributed by atoms with Crippen molar-refractivity contribution in [2.45, 2.75) is 0 Å². The third kappa shape index (κ3) is 2.06. The molecule has 0 heterocycles. The van der Waals surface area contributed by atoms with Gasteiger partial charge in [0.05, 0.1) is 5.56 Å². The van der Waals surface area contributed by atoms with Gasteiger partial charge in [0.15, 0.2) is 5.78 Å². The summed E-state index contributed by atoms with van der Waals surface area (Å²) in [6.45, 7) is 0. The maximum atomic E-state index is 12.2. The first-order valence-corrected chi connectivity index (χ1v) is 5.14. The zero-order chi connectivity index (χ0) is 12.4. The molecule has 0 aliphatic rings. The van der Waals surface area contributed by atoms with E-state index in [2.05, 4.69) is 0 Å². The van der Waals surface area contributed by atoms with E-state index in [1.54, 1.807) is 24.3 Å². The van der Waals surface area contributed by atoms with Gasteiger partial charge in [-0.3, -0.25) is 4.79 Å². The molecule has 4 nitrogen and oxygen atoms in total. The van der Waals surface area contributed by atoms with E-state index in [1.807, 2.05) is 6.07 Å². The van der Waals surface area contributed by atoms with Crippen molar-refractivity contribution >= 4 is 22.8 Å². The average Bonchev–Trinajstić information content (AvgIpc) is 2.28. The molecule has 4 heteroatoms. The molecule has 0 radical (unpaired) electrons. The zero-order valence-corrected chi connectivity index (χ0v) is 9.18. The lowest BCUT2D eigenvalue weighted by molar-refractivity contribution is 0.104. The van der Waals surface area contributed by atoms with E-state index in [9.17, 15) is 4.79 Å².